The molecule has 2 nitrogen and oxygen atoms in total. The summed E-state index contributed by atoms with van der Waals surface area (Å²) in [7, 11) is 0. The van der Waals surface area contributed by atoms with Crippen LogP contribution in [0.15, 0.2) is 18.5 Å². The Morgan fingerprint density at radius 3 is 3.00 bits per heavy atom. The topological polar surface area (TPSA) is 33.1 Å². The van der Waals surface area contributed by atoms with Crippen molar-refractivity contribution >= 4 is 11.6 Å². The second kappa shape index (κ2) is 5.99. The van der Waals surface area contributed by atoms with Gasteiger partial charge in [-0.05, 0) is 37.3 Å². The minimum atomic E-state index is -0.171. The van der Waals surface area contributed by atoms with Crippen LogP contribution in [-0.4, -0.2) is 16.2 Å². The van der Waals surface area contributed by atoms with Gasteiger partial charge < -0.3 is 5.11 Å². The van der Waals surface area contributed by atoms with Crippen molar-refractivity contribution in [1.82, 2.24) is 4.98 Å². The maximum atomic E-state index is 9.36. The molecule has 0 saturated heterocycles. The number of aliphatic hydroxyl groups is 1. The third-order valence-corrected chi connectivity index (χ3v) is 2.65. The van der Waals surface area contributed by atoms with E-state index in [1.54, 1.807) is 12.4 Å². The quantitative estimate of drug-likeness (QED) is 0.816. The van der Waals surface area contributed by atoms with Gasteiger partial charge in [-0.15, -0.1) is 0 Å². The Morgan fingerprint density at radius 1 is 1.57 bits per heavy atom. The Balaban J connectivity index is 2.35. The first-order valence-electron chi connectivity index (χ1n) is 5.00. The second-order valence-electron chi connectivity index (χ2n) is 3.42. The van der Waals surface area contributed by atoms with Gasteiger partial charge in [0.15, 0.2) is 0 Å². The molecule has 0 spiro atoms. The molecule has 1 aromatic rings. The van der Waals surface area contributed by atoms with E-state index in [0.717, 1.165) is 36.3 Å². The highest BCUT2D eigenvalue weighted by atomic mass is 35.5. The van der Waals surface area contributed by atoms with Gasteiger partial charge in [-0.3, -0.25) is 4.98 Å². The van der Waals surface area contributed by atoms with Crippen molar-refractivity contribution < 1.29 is 5.11 Å². The summed E-state index contributed by atoms with van der Waals surface area (Å²) >= 11 is 5.95. The van der Waals surface area contributed by atoms with E-state index >= 15 is 0 Å². The second-order valence-corrected chi connectivity index (χ2v) is 3.83. The van der Waals surface area contributed by atoms with Crippen LogP contribution in [0.4, 0.5) is 0 Å². The van der Waals surface area contributed by atoms with Crippen LogP contribution < -0.4 is 0 Å². The van der Waals surface area contributed by atoms with E-state index in [9.17, 15) is 5.11 Å². The predicted molar refractivity (Wildman–Crippen MR) is 58.5 cm³/mol. The maximum absolute atomic E-state index is 9.36. The van der Waals surface area contributed by atoms with Crippen molar-refractivity contribution in [1.29, 1.82) is 0 Å². The number of aromatic nitrogens is 1. The van der Waals surface area contributed by atoms with Crippen molar-refractivity contribution in [3.05, 3.63) is 29.0 Å². The number of hydrogen-bond acceptors (Lipinski definition) is 2. The van der Waals surface area contributed by atoms with Gasteiger partial charge in [0.1, 0.15) is 0 Å². The molecule has 0 fully saturated rings. The number of rotatable bonds is 5. The van der Waals surface area contributed by atoms with Crippen LogP contribution in [0.1, 0.15) is 31.7 Å². The van der Waals surface area contributed by atoms with Crippen LogP contribution in [0.5, 0.6) is 0 Å². The summed E-state index contributed by atoms with van der Waals surface area (Å²) in [6.07, 6.45) is 6.79. The van der Waals surface area contributed by atoms with E-state index in [1.807, 2.05) is 13.0 Å². The molecule has 0 aliphatic carbocycles. The van der Waals surface area contributed by atoms with Crippen molar-refractivity contribution in [2.75, 3.05) is 0 Å². The summed E-state index contributed by atoms with van der Waals surface area (Å²) in [6.45, 7) is 1.99. The van der Waals surface area contributed by atoms with E-state index in [0.29, 0.717) is 0 Å². The molecule has 0 aliphatic rings. The lowest BCUT2D eigenvalue weighted by molar-refractivity contribution is 0.158. The Morgan fingerprint density at radius 2 is 2.36 bits per heavy atom. The molecule has 78 valence electrons. The average Bonchev–Trinajstić information content (AvgIpc) is 2.20. The molecular formula is C11H16ClNO. The average molecular weight is 214 g/mol. The van der Waals surface area contributed by atoms with Gasteiger partial charge in [-0.1, -0.05) is 18.5 Å². The number of pyridine rings is 1. The minimum absolute atomic E-state index is 0.171. The van der Waals surface area contributed by atoms with Crippen LogP contribution in [0.2, 0.25) is 5.02 Å². The Labute approximate surface area is 89.9 Å². The summed E-state index contributed by atoms with van der Waals surface area (Å²) in [5, 5.41) is 10.1. The first kappa shape index (κ1) is 11.5. The fourth-order valence-corrected chi connectivity index (χ4v) is 1.55. The Bertz CT molecular complexity index is 278. The number of aryl methyl sites for hydroxylation is 1. The van der Waals surface area contributed by atoms with E-state index in [1.165, 1.54) is 0 Å². The summed E-state index contributed by atoms with van der Waals surface area (Å²) in [4.78, 5) is 3.92. The number of aliphatic hydroxyl groups excluding tert-OH is 1. The molecule has 1 rings (SSSR count). The van der Waals surface area contributed by atoms with Gasteiger partial charge in [0, 0.05) is 12.4 Å². The third-order valence-electron chi connectivity index (χ3n) is 2.31. The fraction of sp³-hybridized carbons (Fsp3) is 0.545. The largest absolute Gasteiger partial charge is 0.393 e. The van der Waals surface area contributed by atoms with Crippen molar-refractivity contribution in [2.45, 2.75) is 38.7 Å². The normalized spacial score (nSPS) is 12.8. The molecule has 1 heterocycles. The molecular weight excluding hydrogens is 198 g/mol. The molecule has 3 heteroatoms. The summed E-state index contributed by atoms with van der Waals surface area (Å²) < 4.78 is 0. The van der Waals surface area contributed by atoms with Crippen molar-refractivity contribution in [3.63, 3.8) is 0 Å². The van der Waals surface area contributed by atoms with Gasteiger partial charge in [0.2, 0.25) is 0 Å². The number of nitrogens with zero attached hydrogens (tertiary/aromatic N) is 1. The minimum Gasteiger partial charge on any atom is -0.393 e. The summed E-state index contributed by atoms with van der Waals surface area (Å²) in [5.41, 5.74) is 1.12. The van der Waals surface area contributed by atoms with Crippen LogP contribution in [0.25, 0.3) is 0 Å². The molecule has 0 aromatic carbocycles. The lowest BCUT2D eigenvalue weighted by Gasteiger charge is -2.07. The van der Waals surface area contributed by atoms with Crippen LogP contribution in [0.3, 0.4) is 0 Å². The van der Waals surface area contributed by atoms with Crippen LogP contribution >= 0.6 is 11.6 Å². The maximum Gasteiger partial charge on any atom is 0.0621 e. The third kappa shape index (κ3) is 3.64. The zero-order valence-electron chi connectivity index (χ0n) is 8.41. The molecule has 1 N–H and O–H groups in total. The lowest BCUT2D eigenvalue weighted by Crippen LogP contribution is -2.04. The molecule has 0 amide bonds. The molecule has 0 saturated carbocycles. The SMILES string of the molecule is CCC(O)CCCc1ccncc1Cl. The van der Waals surface area contributed by atoms with Gasteiger partial charge in [-0.2, -0.15) is 0 Å². The van der Waals surface area contributed by atoms with Crippen LogP contribution in [0, 0.1) is 0 Å². The zero-order valence-corrected chi connectivity index (χ0v) is 9.17. The summed E-state index contributed by atoms with van der Waals surface area (Å²) in [5.74, 6) is 0. The van der Waals surface area contributed by atoms with Crippen molar-refractivity contribution in [3.8, 4) is 0 Å². The summed E-state index contributed by atoms with van der Waals surface area (Å²) in [6, 6.07) is 1.93. The van der Waals surface area contributed by atoms with Crippen LogP contribution in [-0.2, 0) is 6.42 Å². The van der Waals surface area contributed by atoms with E-state index in [4.69, 9.17) is 11.6 Å². The van der Waals surface area contributed by atoms with E-state index < -0.39 is 0 Å². The highest BCUT2D eigenvalue weighted by Gasteiger charge is 2.02. The fourth-order valence-electron chi connectivity index (χ4n) is 1.34. The molecule has 0 aliphatic heterocycles. The molecule has 1 unspecified atom stereocenters. The lowest BCUT2D eigenvalue weighted by atomic mass is 10.1. The van der Waals surface area contributed by atoms with Gasteiger partial charge in [0.25, 0.3) is 0 Å². The highest BCUT2D eigenvalue weighted by molar-refractivity contribution is 6.31. The number of halogens is 1. The highest BCUT2D eigenvalue weighted by Crippen LogP contribution is 2.16. The van der Waals surface area contributed by atoms with Crippen molar-refractivity contribution in [2.24, 2.45) is 0 Å². The van der Waals surface area contributed by atoms with Gasteiger partial charge >= 0.3 is 0 Å². The Kier molecular flexibility index (Phi) is 4.91. The van der Waals surface area contributed by atoms with E-state index in [2.05, 4.69) is 4.98 Å². The molecule has 1 aromatic heterocycles. The van der Waals surface area contributed by atoms with Gasteiger partial charge in [-0.25, -0.2) is 0 Å². The standard InChI is InChI=1S/C11H16ClNO/c1-2-10(14)5-3-4-9-6-7-13-8-11(9)12/h6-8,10,14H,2-5H2,1H3. The number of hydrogen-bond donors (Lipinski definition) is 1. The monoisotopic (exact) mass is 213 g/mol. The molecule has 0 bridgehead atoms. The zero-order chi connectivity index (χ0) is 10.4. The molecule has 14 heavy (non-hydrogen) atoms. The molecule has 1 atom stereocenters. The Hall–Kier alpha value is -0.600. The first-order valence-corrected chi connectivity index (χ1v) is 5.38. The smallest absolute Gasteiger partial charge is 0.0621 e. The van der Waals surface area contributed by atoms with Gasteiger partial charge in [0.05, 0.1) is 11.1 Å². The molecule has 0 radical (unpaired) electrons. The van der Waals surface area contributed by atoms with E-state index in [-0.39, 0.29) is 6.10 Å². The predicted octanol–water partition coefficient (Wildman–Crippen LogP) is 2.83. The first-order chi connectivity index (χ1) is 6.74.